The van der Waals surface area contributed by atoms with Gasteiger partial charge in [-0.15, -0.1) is 0 Å². The Morgan fingerprint density at radius 1 is 0.531 bits per heavy atom. The average molecular weight is 941 g/mol. The third-order valence-corrected chi connectivity index (χ3v) is 11.4. The van der Waals surface area contributed by atoms with Gasteiger partial charge < -0.3 is 124 Å². The van der Waals surface area contributed by atoms with Crippen LogP contribution in [0.3, 0.4) is 0 Å². The molecule has 0 aromatic heterocycles. The van der Waals surface area contributed by atoms with Gasteiger partial charge in [0.15, 0.2) is 37.3 Å². The zero-order valence-corrected chi connectivity index (χ0v) is 34.5. The van der Waals surface area contributed by atoms with Crippen LogP contribution in [0.1, 0.15) is 13.8 Å². The lowest BCUT2D eigenvalue weighted by Crippen LogP contribution is -2.70. The highest BCUT2D eigenvalue weighted by Gasteiger charge is 2.57. The van der Waals surface area contributed by atoms with Crippen LogP contribution >= 0.6 is 0 Å². The summed E-state index contributed by atoms with van der Waals surface area (Å²) >= 11 is 0. The van der Waals surface area contributed by atoms with Crippen LogP contribution in [0, 0.1) is 0 Å². The minimum atomic E-state index is -2.18. The van der Waals surface area contributed by atoms with Gasteiger partial charge in [-0.05, 0) is 0 Å². The Hall–Kier alpha value is -2.06. The number of carbonyl (C=O) groups is 1. The summed E-state index contributed by atoms with van der Waals surface area (Å²) in [6.07, 6.45) is -42.0. The van der Waals surface area contributed by atoms with Gasteiger partial charge in [-0.25, -0.2) is 9.88 Å². The molecule has 5 saturated heterocycles. The molecule has 0 spiro atoms. The number of rotatable bonds is 16. The van der Waals surface area contributed by atoms with E-state index in [1.54, 1.807) is 0 Å². The topological polar surface area (TPSA) is 446 Å². The predicted molar refractivity (Wildman–Crippen MR) is 198 cm³/mol. The highest BCUT2D eigenvalue weighted by Crippen LogP contribution is 2.36. The molecule has 0 unspecified atom stereocenters. The number of methoxy groups -OCH3 is 1. The normalized spacial score (nSPS) is 48.2. The van der Waals surface area contributed by atoms with E-state index in [2.05, 4.69) is 15.2 Å². The summed E-state index contributed by atoms with van der Waals surface area (Å²) in [5, 5.41) is 160. The van der Waals surface area contributed by atoms with Gasteiger partial charge in [0.25, 0.3) is 0 Å². The first-order valence-electron chi connectivity index (χ1n) is 20.1. The van der Waals surface area contributed by atoms with E-state index >= 15 is 0 Å². The Bertz CT molecular complexity index is 1490. The Balaban J connectivity index is 1.43. The highest BCUT2D eigenvalue weighted by molar-refractivity contribution is 5.73. The van der Waals surface area contributed by atoms with Crippen LogP contribution in [0.5, 0.6) is 0 Å². The maximum Gasteiger partial charge on any atom is 0.217 e. The Morgan fingerprint density at radius 3 is 1.56 bits per heavy atom. The minimum Gasteiger partial charge on any atom is -0.484 e. The van der Waals surface area contributed by atoms with Gasteiger partial charge in [-0.2, -0.15) is 0 Å². The molecule has 0 aliphatic carbocycles. The predicted octanol–water partition coefficient (Wildman–Crippen LogP) is -10.2. The van der Waals surface area contributed by atoms with E-state index < -0.39 is 192 Å². The monoisotopic (exact) mass is 940 g/mol. The molecule has 5 fully saturated rings. The average Bonchev–Trinajstić information content (AvgIpc) is 3.27. The van der Waals surface area contributed by atoms with Gasteiger partial charge in [0.05, 0.1) is 40.1 Å². The van der Waals surface area contributed by atoms with Crippen molar-refractivity contribution in [2.45, 2.75) is 167 Å². The Morgan fingerprint density at radius 2 is 1.02 bits per heavy atom. The van der Waals surface area contributed by atoms with Gasteiger partial charge >= 0.3 is 0 Å². The maximum atomic E-state index is 12.5. The van der Waals surface area contributed by atoms with Crippen LogP contribution in [0.25, 0.3) is 0 Å². The molecule has 25 atom stereocenters. The van der Waals surface area contributed by atoms with Crippen LogP contribution in [-0.2, 0) is 57.1 Å². The largest absolute Gasteiger partial charge is 0.484 e. The number of aliphatic imine (C=N–C) groups is 1. The first kappa shape index (κ1) is 52.9. The first-order chi connectivity index (χ1) is 30.3. The summed E-state index contributed by atoms with van der Waals surface area (Å²) in [5.74, 6) is -0.792. The fraction of sp³-hybridized carbons (Fsp3) is 0.943. The van der Waals surface area contributed by atoms with Crippen molar-refractivity contribution < 1.29 is 134 Å². The molecule has 0 bridgehead atoms. The second-order valence-corrected chi connectivity index (χ2v) is 15.7. The highest BCUT2D eigenvalue weighted by atomic mass is 17.1. The van der Waals surface area contributed by atoms with Crippen molar-refractivity contribution in [1.29, 1.82) is 0 Å². The van der Waals surface area contributed by atoms with Crippen LogP contribution in [0.2, 0.25) is 0 Å². The molecule has 5 heterocycles. The number of hydrogen-bond donors (Lipinski definition) is 16. The number of hydrogen-bond acceptors (Lipinski definition) is 28. The van der Waals surface area contributed by atoms with Gasteiger partial charge in [-0.1, -0.05) is 0 Å². The smallest absolute Gasteiger partial charge is 0.217 e. The van der Waals surface area contributed by atoms with E-state index in [1.165, 1.54) is 14.0 Å². The fourth-order valence-electron chi connectivity index (χ4n) is 7.83. The summed E-state index contributed by atoms with van der Waals surface area (Å²) < 4.78 is 56.3. The van der Waals surface area contributed by atoms with Crippen LogP contribution in [0.15, 0.2) is 4.99 Å². The maximum absolute atomic E-state index is 12.5. The molecule has 0 aromatic carbocycles. The number of nitrogens with zero attached hydrogens (tertiary/aromatic N) is 1. The van der Waals surface area contributed by atoms with Crippen molar-refractivity contribution in [2.24, 2.45) is 4.99 Å². The van der Waals surface area contributed by atoms with E-state index in [1.807, 2.05) is 0 Å². The van der Waals surface area contributed by atoms with E-state index in [4.69, 9.17) is 47.4 Å². The molecule has 0 radical (unpaired) electrons. The summed E-state index contributed by atoms with van der Waals surface area (Å²) in [4.78, 5) is 21.2. The van der Waals surface area contributed by atoms with Crippen molar-refractivity contribution in [3.63, 3.8) is 0 Å². The molecule has 1 amide bonds. The lowest BCUT2D eigenvalue weighted by atomic mass is 9.94. The van der Waals surface area contributed by atoms with Gasteiger partial charge in [0, 0.05) is 13.8 Å². The van der Waals surface area contributed by atoms with Crippen molar-refractivity contribution in [1.82, 2.24) is 5.32 Å². The van der Waals surface area contributed by atoms with Gasteiger partial charge in [-0.3, -0.25) is 10.1 Å². The Labute approximate surface area is 363 Å². The zero-order valence-electron chi connectivity index (χ0n) is 34.5. The third-order valence-electron chi connectivity index (χ3n) is 11.4. The summed E-state index contributed by atoms with van der Waals surface area (Å²) in [7, 11) is 1.27. The van der Waals surface area contributed by atoms with Crippen molar-refractivity contribution >= 4 is 11.8 Å². The molecule has 16 N–H and O–H groups in total. The van der Waals surface area contributed by atoms with Gasteiger partial charge in [0.2, 0.25) is 5.91 Å². The minimum absolute atomic E-state index is 0.000141. The molecule has 0 aromatic rings. The van der Waals surface area contributed by atoms with Crippen LogP contribution < -0.4 is 5.32 Å². The van der Waals surface area contributed by atoms with E-state index in [9.17, 15) is 81.5 Å². The third kappa shape index (κ3) is 11.4. The summed E-state index contributed by atoms with van der Waals surface area (Å²) in [5.41, 5.74) is 0. The van der Waals surface area contributed by atoms with E-state index in [0.717, 1.165) is 6.92 Å². The molecule has 5 rings (SSSR count). The lowest BCUT2D eigenvalue weighted by molar-refractivity contribution is -0.392. The fourth-order valence-corrected chi connectivity index (χ4v) is 7.83. The molecule has 64 heavy (non-hydrogen) atoms. The standard InChI is InChI=1S/C35H60N2O27/c1-9(42)36-16-21(46)27(13(6-40)59-32(16)62-28-14(7-41)56-31(52)17(29(28)64-53)37-10(2)54-3)61-35-26(51)30(63-34-25(50)23(48)19(44)12(5-39)58-34)20(45)15(60-35)8-55-33-24(49)22(47)18(43)11(4-38)57-33/h11-35,38-41,43-53H,4-8H2,1-3H3,(H,36,42)/t11-,12-,13-,14-,15-,16-,17-,18-,19-,20-,21-,22+,23+,24+,25+,26+,27-,28-,29-,30+,31+,32+,33+,34-,35+/m1/s1. The summed E-state index contributed by atoms with van der Waals surface area (Å²) in [6.45, 7) is -1.96. The molecule has 5 aliphatic heterocycles. The number of amides is 1. The number of nitrogens with one attached hydrogen (secondary N) is 1. The molecule has 0 saturated carbocycles. The Kier molecular flexibility index (Phi) is 19.3. The second kappa shape index (κ2) is 23.3. The molecule has 5 aliphatic rings. The first-order valence-corrected chi connectivity index (χ1v) is 20.1. The number of ether oxygens (including phenoxy) is 10. The summed E-state index contributed by atoms with van der Waals surface area (Å²) in [6, 6.07) is -3.14. The van der Waals surface area contributed by atoms with Crippen LogP contribution in [-0.4, -0.2) is 282 Å². The van der Waals surface area contributed by atoms with Crippen molar-refractivity contribution in [2.75, 3.05) is 40.1 Å². The van der Waals surface area contributed by atoms with Crippen LogP contribution in [0.4, 0.5) is 0 Å². The lowest BCUT2D eigenvalue weighted by Gasteiger charge is -2.50. The number of aliphatic hydroxyl groups is 14. The van der Waals surface area contributed by atoms with Crippen molar-refractivity contribution in [3.05, 3.63) is 0 Å². The molecular weight excluding hydrogens is 880 g/mol. The molecule has 372 valence electrons. The number of aliphatic hydroxyl groups excluding tert-OH is 14. The molecular formula is C35H60N2O27. The SMILES string of the molecule is COC(C)=N[C@@H]1[C@@H](OO)[C@H](O[C@@H]2O[C@H](CO)[C@@H](O[C@@H]3O[C@H](CO[C@H]4O[C@H](CO)[C@@H](O)[C@H](O)[C@@H]4O)[C@@H](O)[C@H](O[C@H]4O[C@H](CO)[C@@H](O)[C@H](O)[C@@H]4O)[C@@H]3O)[C@H](O)[C@H]2NC(C)=O)[C@@H](CO)O[C@@H]1O. The van der Waals surface area contributed by atoms with Crippen molar-refractivity contribution in [3.8, 4) is 0 Å². The van der Waals surface area contributed by atoms with Gasteiger partial charge in [0.1, 0.15) is 122 Å². The molecule has 29 heteroatoms. The molecule has 29 nitrogen and oxygen atoms in total. The number of carbonyl (C=O) groups excluding carboxylic acids is 1. The van der Waals surface area contributed by atoms with E-state index in [0.29, 0.717) is 0 Å². The second-order valence-electron chi connectivity index (χ2n) is 15.7. The van der Waals surface area contributed by atoms with E-state index in [-0.39, 0.29) is 5.90 Å². The quantitative estimate of drug-likeness (QED) is 0.0296. The zero-order chi connectivity index (χ0) is 47.3.